The second-order valence-corrected chi connectivity index (χ2v) is 12.1. The second-order valence-electron chi connectivity index (χ2n) is 6.08. The third-order valence-corrected chi connectivity index (χ3v) is 8.16. The largest absolute Gasteiger partial charge is 0.248 e. The van der Waals surface area contributed by atoms with Gasteiger partial charge >= 0.3 is 0 Å². The van der Waals surface area contributed by atoms with E-state index in [1.807, 2.05) is 53.7 Å². The van der Waals surface area contributed by atoms with Crippen LogP contribution in [0.4, 0.5) is 0 Å². The molecule has 0 spiro atoms. The van der Waals surface area contributed by atoms with Crippen molar-refractivity contribution in [1.29, 1.82) is 0 Å². The van der Waals surface area contributed by atoms with E-state index in [0.717, 1.165) is 37.5 Å². The Kier molecular flexibility index (Phi) is 13.1. The molecule has 0 saturated carbocycles. The Labute approximate surface area is 212 Å². The summed E-state index contributed by atoms with van der Waals surface area (Å²) in [6.45, 7) is 8.65. The molecule has 3 rings (SSSR count). The van der Waals surface area contributed by atoms with Crippen molar-refractivity contribution in [3.63, 3.8) is 0 Å². The lowest BCUT2D eigenvalue weighted by Crippen LogP contribution is -1.88. The van der Waals surface area contributed by atoms with Crippen molar-refractivity contribution in [3.8, 4) is 11.1 Å². The van der Waals surface area contributed by atoms with Crippen LogP contribution < -0.4 is 0 Å². The number of hydrogen-bond donors (Lipinski definition) is 0. The Balaban J connectivity index is 0.000000233. The first-order chi connectivity index (χ1) is 15.1. The molecule has 3 aromatic rings. The standard InChI is InChI=1S/C15H17NS2.C9H12BrNS2/c1-3-17-14-10-13(11-16-15(14)18-4-2)12-8-6-5-7-9-12;1-3-12-8-5-7(10)6-11-9(8)13-4-2/h5-11H,3-4H2,1-2H3;5-6H,3-4H2,1-2H3. The molecule has 2 nitrogen and oxygen atoms in total. The molecule has 0 amide bonds. The first-order valence-corrected chi connectivity index (χ1v) is 15.1. The highest BCUT2D eigenvalue weighted by Gasteiger charge is 2.07. The maximum absolute atomic E-state index is 4.61. The molecule has 1 aromatic carbocycles. The van der Waals surface area contributed by atoms with Crippen LogP contribution in [0.5, 0.6) is 0 Å². The Morgan fingerprint density at radius 3 is 1.71 bits per heavy atom. The first kappa shape index (κ1) is 26.7. The Morgan fingerprint density at radius 1 is 0.645 bits per heavy atom. The molecular formula is C24H29BrN2S4. The van der Waals surface area contributed by atoms with Crippen molar-refractivity contribution in [3.05, 3.63) is 59.3 Å². The monoisotopic (exact) mass is 552 g/mol. The Morgan fingerprint density at radius 2 is 1.16 bits per heavy atom. The molecule has 0 unspecified atom stereocenters. The van der Waals surface area contributed by atoms with E-state index in [4.69, 9.17) is 0 Å². The van der Waals surface area contributed by atoms with Crippen molar-refractivity contribution in [2.24, 2.45) is 0 Å². The van der Waals surface area contributed by atoms with E-state index in [1.54, 1.807) is 11.8 Å². The summed E-state index contributed by atoms with van der Waals surface area (Å²) in [5.74, 6) is 4.31. The molecule has 0 atom stereocenters. The van der Waals surface area contributed by atoms with Gasteiger partial charge in [0.25, 0.3) is 0 Å². The van der Waals surface area contributed by atoms with Crippen LogP contribution in [0.15, 0.2) is 79.2 Å². The third-order valence-electron chi connectivity index (χ3n) is 3.87. The van der Waals surface area contributed by atoms with E-state index < -0.39 is 0 Å². The van der Waals surface area contributed by atoms with Crippen LogP contribution >= 0.6 is 63.0 Å². The predicted octanol–water partition coefficient (Wildman–Crippen LogP) is 9.04. The average Bonchev–Trinajstić information content (AvgIpc) is 2.78. The van der Waals surface area contributed by atoms with Crippen LogP contribution in [-0.4, -0.2) is 33.0 Å². The second kappa shape index (κ2) is 15.3. The molecule has 2 aromatic heterocycles. The minimum absolute atomic E-state index is 1.06. The number of halogens is 1. The first-order valence-electron chi connectivity index (χ1n) is 10.3. The quantitative estimate of drug-likeness (QED) is 0.245. The number of benzene rings is 1. The van der Waals surface area contributed by atoms with Crippen molar-refractivity contribution in [1.82, 2.24) is 9.97 Å². The van der Waals surface area contributed by atoms with E-state index in [1.165, 1.54) is 20.9 Å². The highest BCUT2D eigenvalue weighted by atomic mass is 79.9. The summed E-state index contributed by atoms with van der Waals surface area (Å²) in [6, 6.07) is 14.8. The summed E-state index contributed by atoms with van der Waals surface area (Å²) in [5, 5.41) is 2.31. The van der Waals surface area contributed by atoms with Crippen LogP contribution in [0.2, 0.25) is 0 Å². The fraction of sp³-hybridized carbons (Fsp3) is 0.333. The van der Waals surface area contributed by atoms with Crippen LogP contribution in [-0.2, 0) is 0 Å². The molecule has 0 radical (unpaired) electrons. The summed E-state index contributed by atoms with van der Waals surface area (Å²) in [7, 11) is 0. The number of rotatable bonds is 9. The molecule has 0 fully saturated rings. The normalized spacial score (nSPS) is 10.5. The lowest BCUT2D eigenvalue weighted by atomic mass is 10.1. The van der Waals surface area contributed by atoms with Crippen LogP contribution in [0.3, 0.4) is 0 Å². The van der Waals surface area contributed by atoms with Gasteiger partial charge in [0.15, 0.2) is 0 Å². The maximum atomic E-state index is 4.61. The van der Waals surface area contributed by atoms with Crippen molar-refractivity contribution >= 4 is 63.0 Å². The number of hydrogen-bond acceptors (Lipinski definition) is 6. The smallest absolute Gasteiger partial charge is 0.110 e. The predicted molar refractivity (Wildman–Crippen MR) is 147 cm³/mol. The van der Waals surface area contributed by atoms with Gasteiger partial charge in [-0.2, -0.15) is 0 Å². The fourth-order valence-electron chi connectivity index (χ4n) is 2.64. The number of nitrogens with zero attached hydrogens (tertiary/aromatic N) is 2. The van der Waals surface area contributed by atoms with Gasteiger partial charge in [-0.05, 0) is 56.6 Å². The number of pyridine rings is 2. The maximum Gasteiger partial charge on any atom is 0.110 e. The van der Waals surface area contributed by atoms with Crippen molar-refractivity contribution in [2.45, 2.75) is 47.5 Å². The van der Waals surface area contributed by atoms with Crippen LogP contribution in [0, 0.1) is 0 Å². The highest BCUT2D eigenvalue weighted by Crippen LogP contribution is 2.33. The van der Waals surface area contributed by atoms with Crippen molar-refractivity contribution < 1.29 is 0 Å². The molecule has 166 valence electrons. The lowest BCUT2D eigenvalue weighted by molar-refractivity contribution is 1.02. The molecule has 0 N–H and O–H groups in total. The van der Waals surface area contributed by atoms with Gasteiger partial charge in [-0.15, -0.1) is 47.0 Å². The molecule has 2 heterocycles. The van der Waals surface area contributed by atoms with Gasteiger partial charge in [0, 0.05) is 32.2 Å². The average molecular weight is 554 g/mol. The van der Waals surface area contributed by atoms with Crippen molar-refractivity contribution in [2.75, 3.05) is 23.0 Å². The van der Waals surface area contributed by atoms with Gasteiger partial charge in [-0.3, -0.25) is 0 Å². The van der Waals surface area contributed by atoms with Crippen LogP contribution in [0.25, 0.3) is 11.1 Å². The van der Waals surface area contributed by atoms with Crippen LogP contribution in [0.1, 0.15) is 27.7 Å². The van der Waals surface area contributed by atoms with E-state index in [0.29, 0.717) is 0 Å². The zero-order valence-corrected chi connectivity index (χ0v) is 23.3. The van der Waals surface area contributed by atoms with Gasteiger partial charge in [0.1, 0.15) is 10.1 Å². The molecular weight excluding hydrogens is 524 g/mol. The summed E-state index contributed by atoms with van der Waals surface area (Å²) in [4.78, 5) is 11.6. The van der Waals surface area contributed by atoms with Gasteiger partial charge < -0.3 is 0 Å². The highest BCUT2D eigenvalue weighted by molar-refractivity contribution is 9.10. The van der Waals surface area contributed by atoms with Gasteiger partial charge in [-0.1, -0.05) is 58.0 Å². The summed E-state index contributed by atoms with van der Waals surface area (Å²) in [5.41, 5.74) is 2.43. The third kappa shape index (κ3) is 9.04. The van der Waals surface area contributed by atoms with E-state index in [2.05, 4.69) is 90.0 Å². The number of thioether (sulfide) groups is 4. The lowest BCUT2D eigenvalue weighted by Gasteiger charge is -2.09. The molecule has 0 aliphatic rings. The topological polar surface area (TPSA) is 25.8 Å². The SMILES string of the molecule is CCSc1cc(-c2ccccc2)cnc1SCC.CCSc1cc(Br)cnc1SCC. The van der Waals surface area contributed by atoms with E-state index in [-0.39, 0.29) is 0 Å². The van der Waals surface area contributed by atoms with Gasteiger partial charge in [0.2, 0.25) is 0 Å². The Bertz CT molecular complexity index is 923. The number of aromatic nitrogens is 2. The zero-order chi connectivity index (χ0) is 22.5. The van der Waals surface area contributed by atoms with E-state index in [9.17, 15) is 0 Å². The van der Waals surface area contributed by atoms with Gasteiger partial charge in [0.05, 0.1) is 0 Å². The fourth-order valence-corrected chi connectivity index (χ4v) is 6.43. The zero-order valence-electron chi connectivity index (χ0n) is 18.4. The molecule has 0 bridgehead atoms. The summed E-state index contributed by atoms with van der Waals surface area (Å²) < 4.78 is 1.06. The van der Waals surface area contributed by atoms with Gasteiger partial charge in [-0.25, -0.2) is 9.97 Å². The minimum atomic E-state index is 1.06. The molecule has 31 heavy (non-hydrogen) atoms. The Hall–Kier alpha value is -0.600. The molecule has 0 saturated heterocycles. The molecule has 7 heteroatoms. The summed E-state index contributed by atoms with van der Waals surface area (Å²) in [6.07, 6.45) is 3.84. The minimum Gasteiger partial charge on any atom is -0.248 e. The molecule has 0 aliphatic heterocycles. The van der Waals surface area contributed by atoms with E-state index >= 15 is 0 Å². The summed E-state index contributed by atoms with van der Waals surface area (Å²) >= 11 is 10.8. The molecule has 0 aliphatic carbocycles.